The summed E-state index contributed by atoms with van der Waals surface area (Å²) < 4.78 is 32.6. The van der Waals surface area contributed by atoms with Crippen LogP contribution in [0, 0.1) is 35.5 Å². The fraction of sp³-hybridized carbons (Fsp3) is 0.611. The SMILES string of the molecule is CCCCCCNCCOc1cc(OCNCC)c2c3c1CCc1c-3c(cc3c1C(O)C(c1cc(OC)c(O)c(OCC(CO)C45CC(C6(N7C(=O)C=C(CNC)C7=O)CCCCC6)CC6C(C(CO)CCCO)CC(CC64)c4ccccc45)c1)CO3)NC2O. The molecule has 18 nitrogen and oxygen atoms in total. The van der Waals surface area contributed by atoms with E-state index in [9.17, 15) is 40.2 Å². The number of likely N-dealkylation sites (N-methyl/N-ethyl adjacent to an activating group) is 1. The molecule has 3 aliphatic heterocycles. The fourth-order valence-electron chi connectivity index (χ4n) is 18.5. The zero-order valence-electron chi connectivity index (χ0n) is 53.3. The number of aromatic hydroxyl groups is 1. The Balaban J connectivity index is 0.893. The van der Waals surface area contributed by atoms with E-state index in [4.69, 9.17) is 23.7 Å². The van der Waals surface area contributed by atoms with Gasteiger partial charge in [-0.15, -0.1) is 0 Å². The molecule has 4 aromatic carbocycles. The van der Waals surface area contributed by atoms with E-state index in [1.165, 1.54) is 38.0 Å². The lowest BCUT2D eigenvalue weighted by Crippen LogP contribution is -2.65. The molecule has 0 radical (unpaired) electrons. The van der Waals surface area contributed by atoms with Crippen molar-refractivity contribution in [3.63, 3.8) is 0 Å². The predicted molar refractivity (Wildman–Crippen MR) is 343 cm³/mol. The molecule has 2 bridgehead atoms. The summed E-state index contributed by atoms with van der Waals surface area (Å²) in [6.45, 7) is 7.26. The number of aliphatic hydroxyl groups is 5. The monoisotopic (exact) mass is 1240 g/mol. The molecule has 3 saturated carbocycles. The number of carbonyl (C=O) groups excluding carboxylic acids is 2. The van der Waals surface area contributed by atoms with Crippen molar-refractivity contribution < 1.29 is 63.9 Å². The van der Waals surface area contributed by atoms with Gasteiger partial charge in [-0.1, -0.05) is 76.6 Å². The van der Waals surface area contributed by atoms with E-state index >= 15 is 0 Å². The van der Waals surface area contributed by atoms with Crippen molar-refractivity contribution in [3.8, 4) is 45.6 Å². The van der Waals surface area contributed by atoms with E-state index in [0.29, 0.717) is 110 Å². The van der Waals surface area contributed by atoms with Gasteiger partial charge in [0.1, 0.15) is 30.6 Å². The molecule has 5 aliphatic carbocycles. The molecule has 2 amide bonds. The van der Waals surface area contributed by atoms with Crippen LogP contribution in [-0.4, -0.2) is 140 Å². The maximum atomic E-state index is 14.7. The van der Waals surface area contributed by atoms with Gasteiger partial charge in [0.15, 0.2) is 17.7 Å². The highest BCUT2D eigenvalue weighted by Gasteiger charge is 2.65. The van der Waals surface area contributed by atoms with Crippen LogP contribution in [0.3, 0.4) is 0 Å². The van der Waals surface area contributed by atoms with Crippen LogP contribution in [0.5, 0.6) is 34.5 Å². The second kappa shape index (κ2) is 27.7. The number of hydrogen-bond acceptors (Lipinski definition) is 17. The Labute approximate surface area is 530 Å². The average Bonchev–Trinajstić information content (AvgIpc) is 0.750. The number of imide groups is 1. The van der Waals surface area contributed by atoms with Crippen LogP contribution in [0.2, 0.25) is 0 Å². The number of rotatable bonds is 29. The molecule has 3 fully saturated rings. The summed E-state index contributed by atoms with van der Waals surface area (Å²) in [6, 6.07) is 15.9. The summed E-state index contributed by atoms with van der Waals surface area (Å²) in [7, 11) is 3.27. The highest BCUT2D eigenvalue weighted by molar-refractivity contribution is 6.17. The van der Waals surface area contributed by atoms with E-state index in [2.05, 4.69) is 52.5 Å². The average molecular weight is 1240 g/mol. The Morgan fingerprint density at radius 3 is 2.41 bits per heavy atom. The summed E-state index contributed by atoms with van der Waals surface area (Å²) in [5.41, 5.74) is 7.41. The lowest BCUT2D eigenvalue weighted by atomic mass is 9.40. The van der Waals surface area contributed by atoms with E-state index in [1.807, 2.05) is 19.1 Å². The van der Waals surface area contributed by atoms with Crippen molar-refractivity contribution in [1.82, 2.24) is 20.9 Å². The van der Waals surface area contributed by atoms with Gasteiger partial charge in [-0.05, 0) is 161 Å². The largest absolute Gasteiger partial charge is 0.502 e. The van der Waals surface area contributed by atoms with E-state index < -0.39 is 35.1 Å². The van der Waals surface area contributed by atoms with E-state index in [-0.39, 0.29) is 111 Å². The number of ether oxygens (including phenoxy) is 5. The second-order valence-electron chi connectivity index (χ2n) is 27.1. The number of carbonyl (C=O) groups is 2. The summed E-state index contributed by atoms with van der Waals surface area (Å²) in [5.74, 6) is 0.140. The molecule has 18 heteroatoms. The third-order valence-electron chi connectivity index (χ3n) is 22.5. The zero-order valence-corrected chi connectivity index (χ0v) is 53.3. The molecule has 3 heterocycles. The van der Waals surface area contributed by atoms with Crippen LogP contribution >= 0.6 is 0 Å². The first-order valence-corrected chi connectivity index (χ1v) is 33.9. The van der Waals surface area contributed by atoms with Gasteiger partial charge in [0.25, 0.3) is 11.8 Å². The Hall–Kier alpha value is -5.96. The Morgan fingerprint density at radius 1 is 0.833 bits per heavy atom. The maximum absolute atomic E-state index is 14.7. The second-order valence-corrected chi connectivity index (χ2v) is 27.1. The maximum Gasteiger partial charge on any atom is 0.258 e. The molecule has 11 atom stereocenters. The summed E-state index contributed by atoms with van der Waals surface area (Å²) in [4.78, 5) is 30.9. The van der Waals surface area contributed by atoms with Crippen molar-refractivity contribution >= 4 is 17.5 Å². The van der Waals surface area contributed by atoms with Gasteiger partial charge in [-0.3, -0.25) is 19.8 Å². The molecule has 4 aromatic rings. The van der Waals surface area contributed by atoms with Crippen LogP contribution in [0.25, 0.3) is 11.1 Å². The van der Waals surface area contributed by atoms with Gasteiger partial charge >= 0.3 is 0 Å². The number of fused-ring (bicyclic) bond motifs is 6. The number of phenols is 1. The van der Waals surface area contributed by atoms with Crippen molar-refractivity contribution in [3.05, 3.63) is 99.1 Å². The zero-order chi connectivity index (χ0) is 62.8. The van der Waals surface area contributed by atoms with Crippen LogP contribution < -0.4 is 45.0 Å². The van der Waals surface area contributed by atoms with Crippen LogP contribution in [0.1, 0.15) is 173 Å². The first-order chi connectivity index (χ1) is 43.9. The van der Waals surface area contributed by atoms with Gasteiger partial charge in [-0.2, -0.15) is 0 Å². The van der Waals surface area contributed by atoms with Crippen molar-refractivity contribution in [2.24, 2.45) is 35.5 Å². The molecule has 12 rings (SSSR count). The van der Waals surface area contributed by atoms with Gasteiger partial charge in [-0.25, -0.2) is 0 Å². The molecule has 488 valence electrons. The van der Waals surface area contributed by atoms with E-state index in [1.54, 1.807) is 24.1 Å². The molecule has 0 saturated heterocycles. The highest BCUT2D eigenvalue weighted by atomic mass is 16.5. The van der Waals surface area contributed by atoms with Crippen LogP contribution in [0.15, 0.2) is 60.2 Å². The van der Waals surface area contributed by atoms with Crippen molar-refractivity contribution in [2.45, 2.75) is 158 Å². The molecule has 10 N–H and O–H groups in total. The Bertz CT molecular complexity index is 3270. The molecule has 8 aliphatic rings. The first kappa shape index (κ1) is 64.2. The van der Waals surface area contributed by atoms with Crippen molar-refractivity contribution in [1.29, 1.82) is 0 Å². The smallest absolute Gasteiger partial charge is 0.258 e. The number of methoxy groups -OCH3 is 1. The van der Waals surface area contributed by atoms with Crippen molar-refractivity contribution in [2.75, 3.05) is 92.0 Å². The number of unbranched alkanes of at least 4 members (excludes halogenated alkanes) is 3. The number of anilines is 1. The predicted octanol–water partition coefficient (Wildman–Crippen LogP) is 8.96. The fourth-order valence-corrected chi connectivity index (χ4v) is 18.5. The molecule has 11 unspecified atom stereocenters. The minimum absolute atomic E-state index is 0.0163. The van der Waals surface area contributed by atoms with E-state index in [0.717, 1.165) is 79.3 Å². The number of phenolic OH excluding ortho intramolecular Hbond substituents is 1. The van der Waals surface area contributed by atoms with Crippen LogP contribution in [0.4, 0.5) is 5.69 Å². The van der Waals surface area contributed by atoms with Gasteiger partial charge in [0.05, 0.1) is 44.1 Å². The van der Waals surface area contributed by atoms with Gasteiger partial charge < -0.3 is 70.3 Å². The number of amides is 2. The third-order valence-corrected chi connectivity index (χ3v) is 22.5. The molecular formula is C72H97N5O13. The normalized spacial score (nSPS) is 26.5. The Kier molecular flexibility index (Phi) is 19.7. The summed E-state index contributed by atoms with van der Waals surface area (Å²) in [6.07, 6.45) is 13.6. The minimum Gasteiger partial charge on any atom is -0.502 e. The third kappa shape index (κ3) is 11.4. The number of benzene rings is 4. The highest BCUT2D eigenvalue weighted by Crippen LogP contribution is 2.69. The standard InChI is InChI=1S/C72H97N5O13/c1-5-7-8-14-23-75-24-26-87-57-34-59(90-41-74-6-2)66-65-49(57)19-20-50-63(65)56(76-69(66)84)33-58-64(50)67(82)53(40-89-58)44-29-60(86-4)68(83)61(30-44)88-39-47(38-80)72-35-46(71(21-12-9-13-22-71)77-62(81)31-45(36-73-3)70(77)85)32-52-51(42(37-79)16-15-25-78)27-43(28-55(52)72)48-17-10-11-18-54(48)72/h10-11,17-18,29-31,33-34,42-43,46-47,51-53,55,67,69,73-76,78-80,82-84H,5-9,12-16,19-28,32,35-41H2,1-4H3. The lowest BCUT2D eigenvalue weighted by molar-refractivity contribution is -0.158. The minimum atomic E-state index is -1.10. The number of hydrogen-bond donors (Lipinski definition) is 10. The number of aliphatic hydroxyl groups excluding tert-OH is 5. The quantitative estimate of drug-likeness (QED) is 0.0138. The van der Waals surface area contributed by atoms with Gasteiger partial charge in [0, 0.05) is 95.3 Å². The molecule has 90 heavy (non-hydrogen) atoms. The lowest BCUT2D eigenvalue weighted by Gasteiger charge is -2.66. The van der Waals surface area contributed by atoms with Crippen LogP contribution in [-0.2, 0) is 27.8 Å². The molecule has 0 spiro atoms. The summed E-state index contributed by atoms with van der Waals surface area (Å²) in [5, 5.41) is 84.0. The Morgan fingerprint density at radius 2 is 1.64 bits per heavy atom. The molecule has 0 aromatic heterocycles. The topological polar surface area (TPSA) is 253 Å². The van der Waals surface area contributed by atoms with Gasteiger partial charge in [0.2, 0.25) is 5.75 Å². The first-order valence-electron chi connectivity index (χ1n) is 33.9. The summed E-state index contributed by atoms with van der Waals surface area (Å²) >= 11 is 0. The number of nitrogens with zero attached hydrogens (tertiary/aromatic N) is 1. The molecular weight excluding hydrogens is 1140 g/mol. The number of nitrogens with one attached hydrogen (secondary N) is 4.